The molecule has 2 aliphatic heterocycles. The second-order valence-corrected chi connectivity index (χ2v) is 10.1. The number of thioether (sulfide) groups is 1. The number of hydrogen-bond acceptors (Lipinski definition) is 6. The third kappa shape index (κ3) is 4.31. The number of aryl methyl sites for hydroxylation is 2. The highest BCUT2D eigenvalue weighted by atomic mass is 32.2. The standard InChI is InChI=1S/C21H22N4O4S2/c1-13-7-8-15(9-14(13)2)23-21(27)17-11-30-12-25(17)19(26)10-22-20-16-5-3-4-6-18(16)31(28,29)24-20/h3-9,17H,10-12H2,1-2H3,(H,22,24)(H,23,27). The zero-order valence-corrected chi connectivity index (χ0v) is 18.7. The number of fused-ring (bicyclic) bond motifs is 1. The Morgan fingerprint density at radius 1 is 1.19 bits per heavy atom. The molecule has 0 bridgehead atoms. The summed E-state index contributed by atoms with van der Waals surface area (Å²) in [6, 6.07) is 11.5. The molecule has 0 aliphatic carbocycles. The van der Waals surface area contributed by atoms with Crippen LogP contribution < -0.4 is 10.0 Å². The third-order valence-electron chi connectivity index (χ3n) is 5.31. The van der Waals surface area contributed by atoms with E-state index in [9.17, 15) is 18.0 Å². The Balaban J connectivity index is 1.45. The van der Waals surface area contributed by atoms with Crippen LogP contribution in [0.4, 0.5) is 5.69 Å². The summed E-state index contributed by atoms with van der Waals surface area (Å²) in [5, 5.41) is 2.88. The SMILES string of the molecule is Cc1ccc(NC(=O)C2CSCN2C(=O)CN=C2NS(=O)(=O)c3ccccc32)cc1C. The third-order valence-corrected chi connectivity index (χ3v) is 7.72. The predicted molar refractivity (Wildman–Crippen MR) is 121 cm³/mol. The molecule has 8 nitrogen and oxygen atoms in total. The second-order valence-electron chi connectivity index (χ2n) is 7.43. The topological polar surface area (TPSA) is 108 Å². The molecule has 1 unspecified atom stereocenters. The molecular weight excluding hydrogens is 436 g/mol. The highest BCUT2D eigenvalue weighted by molar-refractivity contribution is 7.99. The summed E-state index contributed by atoms with van der Waals surface area (Å²) in [5.41, 5.74) is 3.33. The minimum Gasteiger partial charge on any atom is -0.324 e. The van der Waals surface area contributed by atoms with E-state index < -0.39 is 16.1 Å². The molecule has 2 aromatic rings. The average Bonchev–Trinajstić information content (AvgIpc) is 3.32. The van der Waals surface area contributed by atoms with Gasteiger partial charge in [-0.05, 0) is 49.2 Å². The van der Waals surface area contributed by atoms with Gasteiger partial charge in [0.2, 0.25) is 11.8 Å². The minimum absolute atomic E-state index is 0.142. The highest BCUT2D eigenvalue weighted by Gasteiger charge is 2.35. The molecule has 162 valence electrons. The number of sulfonamides is 1. The van der Waals surface area contributed by atoms with Gasteiger partial charge in [0.15, 0.2) is 0 Å². The van der Waals surface area contributed by atoms with Crippen LogP contribution in [0.25, 0.3) is 0 Å². The molecule has 1 saturated heterocycles. The smallest absolute Gasteiger partial charge is 0.263 e. The van der Waals surface area contributed by atoms with Gasteiger partial charge in [0.25, 0.3) is 10.0 Å². The van der Waals surface area contributed by atoms with Crippen molar-refractivity contribution in [2.45, 2.75) is 24.8 Å². The predicted octanol–water partition coefficient (Wildman–Crippen LogP) is 1.88. The average molecular weight is 459 g/mol. The Morgan fingerprint density at radius 3 is 2.74 bits per heavy atom. The fourth-order valence-electron chi connectivity index (χ4n) is 3.44. The van der Waals surface area contributed by atoms with Gasteiger partial charge in [0.05, 0.1) is 10.8 Å². The largest absolute Gasteiger partial charge is 0.324 e. The summed E-state index contributed by atoms with van der Waals surface area (Å²) >= 11 is 1.49. The van der Waals surface area contributed by atoms with Crippen LogP contribution in [0.3, 0.4) is 0 Å². The van der Waals surface area contributed by atoms with Crippen molar-refractivity contribution in [1.82, 2.24) is 9.62 Å². The Morgan fingerprint density at radius 2 is 1.97 bits per heavy atom. The number of nitrogens with zero attached hydrogens (tertiary/aromatic N) is 2. The van der Waals surface area contributed by atoms with Crippen LogP contribution in [0.1, 0.15) is 16.7 Å². The van der Waals surface area contributed by atoms with Gasteiger partial charge < -0.3 is 10.2 Å². The number of hydrogen-bond donors (Lipinski definition) is 2. The molecule has 10 heteroatoms. The van der Waals surface area contributed by atoms with Crippen molar-refractivity contribution in [2.24, 2.45) is 4.99 Å². The van der Waals surface area contributed by atoms with Gasteiger partial charge in [-0.15, -0.1) is 11.8 Å². The molecule has 4 rings (SSSR count). The van der Waals surface area contributed by atoms with Crippen LogP contribution in [0.15, 0.2) is 52.4 Å². The fraction of sp³-hybridized carbons (Fsp3) is 0.286. The van der Waals surface area contributed by atoms with Crippen molar-refractivity contribution in [2.75, 3.05) is 23.5 Å². The van der Waals surface area contributed by atoms with E-state index in [0.717, 1.165) is 11.1 Å². The summed E-state index contributed by atoms with van der Waals surface area (Å²) < 4.78 is 26.7. The highest BCUT2D eigenvalue weighted by Crippen LogP contribution is 2.24. The van der Waals surface area contributed by atoms with E-state index in [1.165, 1.54) is 22.7 Å². The molecule has 0 aromatic heterocycles. The maximum Gasteiger partial charge on any atom is 0.263 e. The summed E-state index contributed by atoms with van der Waals surface area (Å²) in [6.45, 7) is 3.72. The van der Waals surface area contributed by atoms with Crippen molar-refractivity contribution in [1.29, 1.82) is 0 Å². The van der Waals surface area contributed by atoms with Crippen LogP contribution >= 0.6 is 11.8 Å². The van der Waals surface area contributed by atoms with Gasteiger partial charge in [0, 0.05) is 17.0 Å². The number of benzene rings is 2. The number of amides is 2. The van der Waals surface area contributed by atoms with Gasteiger partial charge in [-0.3, -0.25) is 19.3 Å². The maximum atomic E-state index is 12.8. The molecule has 1 atom stereocenters. The fourth-order valence-corrected chi connectivity index (χ4v) is 5.87. The molecule has 2 aliphatic rings. The van der Waals surface area contributed by atoms with E-state index in [0.29, 0.717) is 22.9 Å². The molecule has 2 amide bonds. The monoisotopic (exact) mass is 458 g/mol. The van der Waals surface area contributed by atoms with E-state index in [4.69, 9.17) is 0 Å². The van der Waals surface area contributed by atoms with E-state index in [1.807, 2.05) is 32.0 Å². The van der Waals surface area contributed by atoms with Crippen LogP contribution in [0.5, 0.6) is 0 Å². The van der Waals surface area contributed by atoms with Crippen molar-refractivity contribution >= 4 is 45.1 Å². The van der Waals surface area contributed by atoms with Crippen LogP contribution in [0.2, 0.25) is 0 Å². The molecule has 0 spiro atoms. The van der Waals surface area contributed by atoms with Crippen molar-refractivity contribution < 1.29 is 18.0 Å². The van der Waals surface area contributed by atoms with E-state index in [-0.39, 0.29) is 29.1 Å². The minimum atomic E-state index is -3.66. The maximum absolute atomic E-state index is 12.8. The summed E-state index contributed by atoms with van der Waals surface area (Å²) in [5.74, 6) is 0.445. The molecule has 2 aromatic carbocycles. The Labute approximate surface area is 185 Å². The first-order valence-electron chi connectivity index (χ1n) is 9.68. The molecule has 1 fully saturated rings. The Hall–Kier alpha value is -2.85. The zero-order chi connectivity index (χ0) is 22.2. The van der Waals surface area contributed by atoms with Gasteiger partial charge in [-0.25, -0.2) is 8.42 Å². The molecule has 2 heterocycles. The van der Waals surface area contributed by atoms with Crippen molar-refractivity contribution in [3.05, 3.63) is 59.2 Å². The van der Waals surface area contributed by atoms with Crippen LogP contribution in [-0.2, 0) is 19.6 Å². The van der Waals surface area contributed by atoms with E-state index in [2.05, 4.69) is 15.0 Å². The molecule has 0 radical (unpaired) electrons. The lowest BCUT2D eigenvalue weighted by molar-refractivity contribution is -0.135. The van der Waals surface area contributed by atoms with Gasteiger partial charge in [-0.2, -0.15) is 0 Å². The zero-order valence-electron chi connectivity index (χ0n) is 17.1. The number of rotatable bonds is 4. The number of amidine groups is 1. The lowest BCUT2D eigenvalue weighted by Crippen LogP contribution is -2.45. The number of nitrogens with one attached hydrogen (secondary N) is 2. The Bertz CT molecular complexity index is 1190. The number of carbonyl (C=O) groups excluding carboxylic acids is 2. The second kappa shape index (κ2) is 8.35. The lowest BCUT2D eigenvalue weighted by Gasteiger charge is -2.22. The van der Waals surface area contributed by atoms with Crippen molar-refractivity contribution in [3.63, 3.8) is 0 Å². The number of carbonyl (C=O) groups is 2. The molecule has 2 N–H and O–H groups in total. The van der Waals surface area contributed by atoms with E-state index >= 15 is 0 Å². The molecule has 31 heavy (non-hydrogen) atoms. The summed E-state index contributed by atoms with van der Waals surface area (Å²) in [7, 11) is -3.66. The molecule has 0 saturated carbocycles. The van der Waals surface area contributed by atoms with Gasteiger partial charge in [-0.1, -0.05) is 18.2 Å². The summed E-state index contributed by atoms with van der Waals surface area (Å²) in [4.78, 5) is 31.4. The first-order valence-corrected chi connectivity index (χ1v) is 12.3. The van der Waals surface area contributed by atoms with Crippen molar-refractivity contribution in [3.8, 4) is 0 Å². The van der Waals surface area contributed by atoms with Gasteiger partial charge in [0.1, 0.15) is 18.4 Å². The van der Waals surface area contributed by atoms with E-state index in [1.54, 1.807) is 18.2 Å². The Kier molecular flexibility index (Phi) is 5.76. The first kappa shape index (κ1) is 21.4. The van der Waals surface area contributed by atoms with Crippen LogP contribution in [0, 0.1) is 13.8 Å². The van der Waals surface area contributed by atoms with Crippen LogP contribution in [-0.4, -0.2) is 55.2 Å². The normalized spacial score (nSPS) is 20.4. The first-order chi connectivity index (χ1) is 14.8. The number of anilines is 1. The lowest BCUT2D eigenvalue weighted by atomic mass is 10.1. The van der Waals surface area contributed by atoms with Gasteiger partial charge >= 0.3 is 0 Å². The number of aliphatic imine (C=N–C) groups is 1. The molecular formula is C21H22N4O4S2. The summed E-state index contributed by atoms with van der Waals surface area (Å²) in [6.07, 6.45) is 0. The quantitative estimate of drug-likeness (QED) is 0.727.